The summed E-state index contributed by atoms with van der Waals surface area (Å²) in [6.45, 7) is 4.15. The van der Waals surface area contributed by atoms with Crippen LogP contribution >= 0.6 is 0 Å². The molecule has 0 aliphatic rings. The number of esters is 2. The number of carbonyl (C=O) groups is 2. The van der Waals surface area contributed by atoms with Gasteiger partial charge in [-0.3, -0.25) is 9.59 Å². The van der Waals surface area contributed by atoms with Crippen molar-refractivity contribution < 1.29 is 24.2 Å². The maximum Gasteiger partial charge on any atom is 0.306 e. The van der Waals surface area contributed by atoms with Gasteiger partial charge in [0.25, 0.3) is 0 Å². The van der Waals surface area contributed by atoms with E-state index in [1.165, 1.54) is 167 Å². The van der Waals surface area contributed by atoms with Gasteiger partial charge in [-0.25, -0.2) is 0 Å². The highest BCUT2D eigenvalue weighted by Crippen LogP contribution is 2.16. The minimum atomic E-state index is -0.766. The van der Waals surface area contributed by atoms with Gasteiger partial charge in [0, 0.05) is 12.8 Å². The van der Waals surface area contributed by atoms with Crippen LogP contribution in [-0.4, -0.2) is 36.4 Å². The molecule has 5 nitrogen and oxygen atoms in total. The first-order chi connectivity index (χ1) is 23.6. The molecule has 0 aromatic carbocycles. The highest BCUT2D eigenvalue weighted by atomic mass is 16.6. The van der Waals surface area contributed by atoms with Crippen molar-refractivity contribution in [1.29, 1.82) is 0 Å². The van der Waals surface area contributed by atoms with Crippen LogP contribution in [0.1, 0.15) is 232 Å². The van der Waals surface area contributed by atoms with Crippen molar-refractivity contribution in [2.45, 2.75) is 238 Å². The van der Waals surface area contributed by atoms with E-state index in [-0.39, 0.29) is 25.2 Å². The Morgan fingerprint density at radius 2 is 0.771 bits per heavy atom. The number of allylic oxidation sites excluding steroid dienone is 2. The molecule has 1 atom stereocenters. The SMILES string of the molecule is CCCCCCC=CCCCCCCCCCC(=O)OCC(CO)OC(=O)CCCCCCCCCCCCCCCCCCCCC. The molecular weight excluding hydrogens is 596 g/mol. The van der Waals surface area contributed by atoms with Crippen LogP contribution in [0.15, 0.2) is 12.2 Å². The van der Waals surface area contributed by atoms with Crippen molar-refractivity contribution in [3.8, 4) is 0 Å². The molecule has 0 heterocycles. The van der Waals surface area contributed by atoms with Crippen molar-refractivity contribution in [2.24, 2.45) is 0 Å². The van der Waals surface area contributed by atoms with Gasteiger partial charge < -0.3 is 14.6 Å². The van der Waals surface area contributed by atoms with Gasteiger partial charge in [0.1, 0.15) is 6.61 Å². The summed E-state index contributed by atoms with van der Waals surface area (Å²) in [4.78, 5) is 24.3. The molecule has 0 amide bonds. The van der Waals surface area contributed by atoms with Gasteiger partial charge in [-0.2, -0.15) is 0 Å². The fraction of sp³-hybridized carbons (Fsp3) is 0.907. The minimum Gasteiger partial charge on any atom is -0.462 e. The molecule has 0 fully saturated rings. The van der Waals surface area contributed by atoms with Crippen LogP contribution in [0.4, 0.5) is 0 Å². The molecule has 0 aromatic rings. The Kier molecular flexibility index (Phi) is 38.9. The molecule has 0 spiro atoms. The topological polar surface area (TPSA) is 72.8 Å². The van der Waals surface area contributed by atoms with Crippen LogP contribution < -0.4 is 0 Å². The number of hydrogen-bond donors (Lipinski definition) is 1. The van der Waals surface area contributed by atoms with Gasteiger partial charge in [0.15, 0.2) is 6.10 Å². The van der Waals surface area contributed by atoms with Crippen LogP contribution in [0, 0.1) is 0 Å². The van der Waals surface area contributed by atoms with Crippen molar-refractivity contribution in [2.75, 3.05) is 13.2 Å². The Labute approximate surface area is 299 Å². The highest BCUT2D eigenvalue weighted by Gasteiger charge is 2.16. The summed E-state index contributed by atoms with van der Waals surface area (Å²) >= 11 is 0. The molecule has 0 saturated heterocycles. The average molecular weight is 679 g/mol. The quantitative estimate of drug-likeness (QED) is 0.0398. The lowest BCUT2D eigenvalue weighted by Gasteiger charge is -2.15. The number of hydrogen-bond acceptors (Lipinski definition) is 5. The maximum atomic E-state index is 12.2. The predicted molar refractivity (Wildman–Crippen MR) is 205 cm³/mol. The van der Waals surface area contributed by atoms with Crippen LogP contribution in [-0.2, 0) is 19.1 Å². The van der Waals surface area contributed by atoms with E-state index < -0.39 is 6.10 Å². The Hall–Kier alpha value is -1.36. The molecule has 0 rings (SSSR count). The van der Waals surface area contributed by atoms with Crippen molar-refractivity contribution >= 4 is 11.9 Å². The van der Waals surface area contributed by atoms with E-state index in [1.54, 1.807) is 0 Å². The zero-order valence-corrected chi connectivity index (χ0v) is 32.3. The van der Waals surface area contributed by atoms with Crippen molar-refractivity contribution in [1.82, 2.24) is 0 Å². The van der Waals surface area contributed by atoms with Gasteiger partial charge in [-0.1, -0.05) is 193 Å². The Bertz CT molecular complexity index is 691. The average Bonchev–Trinajstić information content (AvgIpc) is 3.09. The van der Waals surface area contributed by atoms with Crippen LogP contribution in [0.2, 0.25) is 0 Å². The fourth-order valence-electron chi connectivity index (χ4n) is 6.31. The van der Waals surface area contributed by atoms with E-state index in [0.29, 0.717) is 12.8 Å². The lowest BCUT2D eigenvalue weighted by Crippen LogP contribution is -2.28. The third-order valence-corrected chi connectivity index (χ3v) is 9.56. The number of carbonyl (C=O) groups excluding carboxylic acids is 2. The summed E-state index contributed by atoms with van der Waals surface area (Å²) in [5.74, 6) is -0.583. The molecule has 0 radical (unpaired) electrons. The highest BCUT2D eigenvalue weighted by molar-refractivity contribution is 5.70. The summed E-state index contributed by atoms with van der Waals surface area (Å²) in [6.07, 6.45) is 45.6. The molecule has 1 N–H and O–H groups in total. The molecular formula is C43H82O5. The van der Waals surface area contributed by atoms with Crippen molar-refractivity contribution in [3.63, 3.8) is 0 Å². The normalized spacial score (nSPS) is 12.1. The largest absolute Gasteiger partial charge is 0.462 e. The first-order valence-electron chi connectivity index (χ1n) is 21.2. The minimum absolute atomic E-state index is 0.0621. The molecule has 48 heavy (non-hydrogen) atoms. The van der Waals surface area contributed by atoms with Gasteiger partial charge in [0.05, 0.1) is 6.61 Å². The predicted octanol–water partition coefficient (Wildman–Crippen LogP) is 13.3. The number of aliphatic hydroxyl groups is 1. The Morgan fingerprint density at radius 1 is 0.458 bits per heavy atom. The monoisotopic (exact) mass is 679 g/mol. The van der Waals surface area contributed by atoms with Gasteiger partial charge >= 0.3 is 11.9 Å². The van der Waals surface area contributed by atoms with Gasteiger partial charge in [-0.15, -0.1) is 0 Å². The van der Waals surface area contributed by atoms with E-state index >= 15 is 0 Å². The summed E-state index contributed by atoms with van der Waals surface area (Å²) in [5, 5.41) is 9.57. The van der Waals surface area contributed by atoms with Crippen molar-refractivity contribution in [3.05, 3.63) is 12.2 Å². The van der Waals surface area contributed by atoms with Crippen LogP contribution in [0.25, 0.3) is 0 Å². The summed E-state index contributed by atoms with van der Waals surface area (Å²) < 4.78 is 10.6. The Balaban J connectivity index is 3.49. The zero-order chi connectivity index (χ0) is 35.0. The second kappa shape index (κ2) is 40.1. The lowest BCUT2D eigenvalue weighted by atomic mass is 10.0. The molecule has 284 valence electrons. The molecule has 0 aliphatic heterocycles. The fourth-order valence-corrected chi connectivity index (χ4v) is 6.31. The summed E-state index contributed by atoms with van der Waals surface area (Å²) in [7, 11) is 0. The first kappa shape index (κ1) is 46.6. The molecule has 5 heteroatoms. The third kappa shape index (κ3) is 37.5. The van der Waals surface area contributed by atoms with Crippen LogP contribution in [0.5, 0.6) is 0 Å². The molecule has 0 saturated carbocycles. The summed E-state index contributed by atoms with van der Waals surface area (Å²) in [5.41, 5.74) is 0. The smallest absolute Gasteiger partial charge is 0.306 e. The number of rotatable bonds is 39. The van der Waals surface area contributed by atoms with E-state index in [0.717, 1.165) is 38.5 Å². The first-order valence-corrected chi connectivity index (χ1v) is 21.2. The molecule has 0 aliphatic carbocycles. The van der Waals surface area contributed by atoms with Crippen LogP contribution in [0.3, 0.4) is 0 Å². The standard InChI is InChI=1S/C43H82O5/c1-3-5-7-9-11-13-15-17-19-20-21-22-24-26-28-30-32-34-36-38-43(46)48-41(39-44)40-47-42(45)37-35-33-31-29-27-25-23-18-16-14-12-10-8-6-4-2/h14,16,41,44H,3-13,15,17-40H2,1-2H3. The van der Waals surface area contributed by atoms with Gasteiger partial charge in [0.2, 0.25) is 0 Å². The molecule has 1 unspecified atom stereocenters. The van der Waals surface area contributed by atoms with E-state index in [4.69, 9.17) is 9.47 Å². The Morgan fingerprint density at radius 3 is 1.15 bits per heavy atom. The number of ether oxygens (including phenoxy) is 2. The van der Waals surface area contributed by atoms with E-state index in [1.807, 2.05) is 0 Å². The lowest BCUT2D eigenvalue weighted by molar-refractivity contribution is -0.161. The maximum absolute atomic E-state index is 12.2. The van der Waals surface area contributed by atoms with Gasteiger partial charge in [-0.05, 0) is 38.5 Å². The number of aliphatic hydroxyl groups excluding tert-OH is 1. The van der Waals surface area contributed by atoms with E-state index in [2.05, 4.69) is 26.0 Å². The second-order valence-electron chi connectivity index (χ2n) is 14.4. The third-order valence-electron chi connectivity index (χ3n) is 9.56. The molecule has 0 aromatic heterocycles. The van der Waals surface area contributed by atoms with E-state index in [9.17, 15) is 14.7 Å². The number of unbranched alkanes of at least 4 members (excludes halogenated alkanes) is 29. The second-order valence-corrected chi connectivity index (χ2v) is 14.4. The summed E-state index contributed by atoms with van der Waals surface area (Å²) in [6, 6.07) is 0. The zero-order valence-electron chi connectivity index (χ0n) is 32.3. The molecule has 0 bridgehead atoms.